The summed E-state index contributed by atoms with van der Waals surface area (Å²) in [6.45, 7) is 9.18. The van der Waals surface area contributed by atoms with Crippen molar-refractivity contribution in [2.45, 2.75) is 53.0 Å². The lowest BCUT2D eigenvalue weighted by atomic mass is 9.41. The van der Waals surface area contributed by atoms with Gasteiger partial charge in [-0.2, -0.15) is 0 Å². The molecule has 34 heavy (non-hydrogen) atoms. The summed E-state index contributed by atoms with van der Waals surface area (Å²) >= 11 is 0. The summed E-state index contributed by atoms with van der Waals surface area (Å²) in [4.78, 5) is 0. The number of aromatic nitrogens is 2. The quantitative estimate of drug-likeness (QED) is 0.511. The van der Waals surface area contributed by atoms with Crippen LogP contribution >= 0.6 is 0 Å². The third kappa shape index (κ3) is 3.56. The molecule has 5 rings (SSSR count). The summed E-state index contributed by atoms with van der Waals surface area (Å²) in [5.41, 5.74) is 7.44. The van der Waals surface area contributed by atoms with E-state index in [9.17, 15) is 0 Å². The molecule has 0 unspecified atom stereocenters. The number of pyridine rings is 2. The van der Waals surface area contributed by atoms with Gasteiger partial charge < -0.3 is 19.4 Å². The van der Waals surface area contributed by atoms with Gasteiger partial charge in [0.25, 0.3) is 0 Å². The fourth-order valence-electron chi connectivity index (χ4n) is 6.14. The highest BCUT2D eigenvalue weighted by Gasteiger charge is 2.40. The molecule has 2 N–H and O–H groups in total. The van der Waals surface area contributed by atoms with E-state index in [1.54, 1.807) is 0 Å². The van der Waals surface area contributed by atoms with Crippen molar-refractivity contribution in [1.29, 1.82) is 0 Å². The number of hydrogen-bond donors (Lipinski definition) is 2. The average molecular weight is 450 g/mol. The van der Waals surface area contributed by atoms with Crippen molar-refractivity contribution in [3.05, 3.63) is 95.6 Å². The van der Waals surface area contributed by atoms with Gasteiger partial charge in [0.1, 0.15) is 12.4 Å². The zero-order valence-corrected chi connectivity index (χ0v) is 21.0. The van der Waals surface area contributed by atoms with Gasteiger partial charge in [-0.05, 0) is 29.3 Å². The number of nitrogens with zero attached hydrogens (tertiary/aromatic N) is 2. The molecule has 0 atom stereocenters. The van der Waals surface area contributed by atoms with Crippen LogP contribution in [0.1, 0.15) is 50.2 Å². The molecule has 4 nitrogen and oxygen atoms in total. The van der Waals surface area contributed by atoms with Crippen molar-refractivity contribution in [2.24, 2.45) is 0 Å². The second-order valence-electron chi connectivity index (χ2n) is 10.1. The van der Waals surface area contributed by atoms with E-state index >= 15 is 0 Å². The molecule has 0 saturated heterocycles. The molecule has 0 radical (unpaired) electrons. The third-order valence-electron chi connectivity index (χ3n) is 8.53. The van der Waals surface area contributed by atoms with Crippen molar-refractivity contribution in [1.82, 2.24) is 10.5 Å². The van der Waals surface area contributed by atoms with Crippen LogP contribution in [-0.2, 0) is 0 Å². The van der Waals surface area contributed by atoms with Crippen LogP contribution in [-0.4, -0.2) is 12.8 Å². The molecule has 4 heterocycles. The van der Waals surface area contributed by atoms with Gasteiger partial charge in [-0.25, -0.2) is 0 Å². The minimum absolute atomic E-state index is 0.903. The van der Waals surface area contributed by atoms with E-state index in [2.05, 4.69) is 132 Å². The molecule has 2 aliphatic rings. The van der Waals surface area contributed by atoms with Gasteiger partial charge in [-0.1, -0.05) is 83.3 Å². The number of nitrogens with one attached hydrogen (secondary N) is 2. The van der Waals surface area contributed by atoms with Gasteiger partial charge in [0.15, 0.2) is 11.4 Å². The van der Waals surface area contributed by atoms with Crippen molar-refractivity contribution >= 4 is 36.4 Å². The van der Waals surface area contributed by atoms with Crippen molar-refractivity contribution in [2.75, 3.05) is 0 Å². The number of rotatable bonds is 6. The lowest BCUT2D eigenvalue weighted by molar-refractivity contribution is -0.554. The number of hydrogen-bond acceptors (Lipinski definition) is 2. The fraction of sp³-hybridized carbons (Fsp3) is 0.286. The predicted octanol–water partition coefficient (Wildman–Crippen LogP) is 5.12. The van der Waals surface area contributed by atoms with E-state index in [0.717, 1.165) is 25.3 Å². The molecule has 174 valence electrons. The van der Waals surface area contributed by atoms with Crippen molar-refractivity contribution in [3.63, 3.8) is 0 Å². The highest BCUT2D eigenvalue weighted by Crippen LogP contribution is 2.28. The zero-order chi connectivity index (χ0) is 23.8. The van der Waals surface area contributed by atoms with Crippen LogP contribution in [0.4, 0.5) is 0 Å². The Hall–Kier alpha value is -3.27. The predicted molar refractivity (Wildman–Crippen MR) is 146 cm³/mol. The molecule has 6 heteroatoms. The Bertz CT molecular complexity index is 1180. The summed E-state index contributed by atoms with van der Waals surface area (Å²) in [6.07, 6.45) is 11.5. The van der Waals surface area contributed by atoms with E-state index in [-0.39, 0.29) is 0 Å². The van der Waals surface area contributed by atoms with E-state index in [0.29, 0.717) is 0 Å². The molecular weight excluding hydrogens is 414 g/mol. The second-order valence-corrected chi connectivity index (χ2v) is 10.1. The van der Waals surface area contributed by atoms with Gasteiger partial charge in [-0.15, -0.1) is 0 Å². The SMILES string of the molecule is CC[B-]1(CC)NC(c2cccc(C3=Cc4cccc[n+]4[B-](CC)(CC)N3)c2)=Cc2cccc[n+]21. The Balaban J connectivity index is 1.58. The largest absolute Gasteiger partial charge is 0.498 e. The number of fused-ring (bicyclic) bond motifs is 2. The summed E-state index contributed by atoms with van der Waals surface area (Å²) in [7, 11) is 0. The van der Waals surface area contributed by atoms with Gasteiger partial charge >= 0.3 is 12.8 Å². The smallest absolute Gasteiger partial charge is 0.371 e. The minimum Gasteiger partial charge on any atom is -0.498 e. The maximum atomic E-state index is 3.97. The van der Waals surface area contributed by atoms with Crippen LogP contribution in [0.15, 0.2) is 73.1 Å². The van der Waals surface area contributed by atoms with Gasteiger partial charge in [0.05, 0.1) is 0 Å². The van der Waals surface area contributed by atoms with Gasteiger partial charge in [0.2, 0.25) is 0 Å². The minimum atomic E-state index is -0.903. The Morgan fingerprint density at radius 2 is 1.03 bits per heavy atom. The summed E-state index contributed by atoms with van der Waals surface area (Å²) in [6, 6.07) is 22.0. The average Bonchev–Trinajstić information content (AvgIpc) is 2.91. The monoisotopic (exact) mass is 450 g/mol. The molecule has 0 amide bonds. The topological polar surface area (TPSA) is 31.8 Å². The molecule has 0 spiro atoms. The van der Waals surface area contributed by atoms with Crippen LogP contribution in [0.5, 0.6) is 0 Å². The number of benzene rings is 1. The highest BCUT2D eigenvalue weighted by atomic mass is 15.1. The van der Waals surface area contributed by atoms with Crippen molar-refractivity contribution in [3.8, 4) is 0 Å². The first-order chi connectivity index (χ1) is 16.6. The maximum absolute atomic E-state index is 3.97. The molecule has 3 aromatic rings. The van der Waals surface area contributed by atoms with E-state index in [1.165, 1.54) is 33.9 Å². The lowest BCUT2D eigenvalue weighted by Gasteiger charge is -2.40. The molecule has 0 bridgehead atoms. The van der Waals surface area contributed by atoms with Crippen LogP contribution in [0, 0.1) is 0 Å². The summed E-state index contributed by atoms with van der Waals surface area (Å²) in [5.74, 6) is 0. The standard InChI is InChI=1S/C28H36B2N4/c1-5-29(6-2)31-27(21-25-16-9-11-18-33(25)29)23-14-13-15-24(20-23)28-22-26-17-10-12-19-34(26)30(7-3,8-4)32-28/h9-22,31-32H,5-8H2,1-4H3. The molecule has 2 aromatic heterocycles. The normalized spacial score (nSPS) is 17.4. The van der Waals surface area contributed by atoms with E-state index in [4.69, 9.17) is 0 Å². The second kappa shape index (κ2) is 8.83. The first-order valence-electron chi connectivity index (χ1n) is 13.1. The van der Waals surface area contributed by atoms with Crippen LogP contribution < -0.4 is 19.4 Å². The Kier molecular flexibility index (Phi) is 5.85. The van der Waals surface area contributed by atoms with Crippen molar-refractivity contribution < 1.29 is 8.96 Å². The molecule has 0 aliphatic carbocycles. The Labute approximate surface area is 204 Å². The van der Waals surface area contributed by atoms with Gasteiger partial charge in [-0.3, -0.25) is 0 Å². The van der Waals surface area contributed by atoms with Gasteiger partial charge in [0, 0.05) is 35.7 Å². The van der Waals surface area contributed by atoms with Crippen LogP contribution in [0.25, 0.3) is 23.5 Å². The Morgan fingerprint density at radius 1 is 0.588 bits per heavy atom. The van der Waals surface area contributed by atoms with Crippen LogP contribution in [0.2, 0.25) is 25.3 Å². The maximum Gasteiger partial charge on any atom is 0.371 e. The summed E-state index contributed by atoms with van der Waals surface area (Å²) in [5, 5.41) is 7.94. The first-order valence-corrected chi connectivity index (χ1v) is 13.1. The zero-order valence-electron chi connectivity index (χ0n) is 21.0. The lowest BCUT2D eigenvalue weighted by Crippen LogP contribution is -2.74. The first kappa shape index (κ1) is 22.5. The fourth-order valence-corrected chi connectivity index (χ4v) is 6.14. The van der Waals surface area contributed by atoms with Crippen LogP contribution in [0.3, 0.4) is 0 Å². The van der Waals surface area contributed by atoms with E-state index < -0.39 is 12.8 Å². The summed E-state index contributed by atoms with van der Waals surface area (Å²) < 4.78 is 4.90. The molecule has 2 aliphatic heterocycles. The van der Waals surface area contributed by atoms with E-state index in [1.807, 2.05) is 0 Å². The molecule has 1 aromatic carbocycles. The molecule has 0 saturated carbocycles. The Morgan fingerprint density at radius 3 is 1.44 bits per heavy atom. The third-order valence-corrected chi connectivity index (χ3v) is 8.53. The molecular formula is C28H36B2N4. The highest BCUT2D eigenvalue weighted by molar-refractivity contribution is 6.71. The molecule has 0 fully saturated rings.